The van der Waals surface area contributed by atoms with Gasteiger partial charge in [-0.3, -0.25) is 0 Å². The maximum atomic E-state index is 6.48. The molecule has 1 heterocycles. The molecule has 0 aromatic rings. The van der Waals surface area contributed by atoms with Crippen molar-refractivity contribution in [2.24, 2.45) is 5.41 Å². The Labute approximate surface area is 94.5 Å². The summed E-state index contributed by atoms with van der Waals surface area (Å²) in [5.74, 6) is 0. The fourth-order valence-electron chi connectivity index (χ4n) is 2.06. The average Bonchev–Trinajstić information content (AvgIpc) is 2.71. The van der Waals surface area contributed by atoms with Gasteiger partial charge in [0.1, 0.15) is 0 Å². The molecule has 0 radical (unpaired) electrons. The summed E-state index contributed by atoms with van der Waals surface area (Å²) in [5, 5.41) is 0.339. The van der Waals surface area contributed by atoms with E-state index in [-0.39, 0.29) is 0 Å². The normalized spacial score (nSPS) is 30.9. The van der Waals surface area contributed by atoms with Crippen molar-refractivity contribution in [2.75, 3.05) is 13.2 Å². The first-order valence-corrected chi connectivity index (χ1v) is 9.61. The minimum atomic E-state index is -1.90. The van der Waals surface area contributed by atoms with Gasteiger partial charge in [0, 0.05) is 0 Å². The summed E-state index contributed by atoms with van der Waals surface area (Å²) in [6.45, 7) is 13.4. The van der Waals surface area contributed by atoms with Crippen molar-refractivity contribution in [1.29, 1.82) is 0 Å². The molecule has 1 aliphatic heterocycles. The van der Waals surface area contributed by atoms with Crippen LogP contribution in [0.3, 0.4) is 0 Å². The number of hydrogen-bond donors (Lipinski definition) is 0. The molecule has 3 heteroatoms. The van der Waals surface area contributed by atoms with Gasteiger partial charge in [-0.1, -0.05) is 0 Å². The van der Waals surface area contributed by atoms with E-state index in [1.54, 1.807) is 0 Å². The third kappa shape index (κ3) is 2.02. The van der Waals surface area contributed by atoms with Crippen LogP contribution in [0.15, 0.2) is 0 Å². The summed E-state index contributed by atoms with van der Waals surface area (Å²) in [6, 6.07) is 0. The third-order valence-electron chi connectivity index (χ3n) is 4.82. The molecule has 0 aromatic heterocycles. The molecule has 1 aliphatic carbocycles. The monoisotopic (exact) mass is 229 g/mol. The SMILES string of the molecule is CC(C)(C)[SiH-](C)(C)O[C@@H]1COCC12CC2. The minimum absolute atomic E-state index is 0.339. The zero-order valence-corrected chi connectivity index (χ0v) is 12.0. The zero-order valence-electron chi connectivity index (χ0n) is 10.8. The molecule has 1 atom stereocenters. The standard InChI is InChI=1S/C12H25O2Si/c1-11(2,3)15(4,5)14-10-8-13-9-12(10)6-7-12/h10,15H,6-9H2,1-5H3/q-1/t10-/m1/s1. The second-order valence-electron chi connectivity index (χ2n) is 7.11. The molecule has 2 aliphatic rings. The molecule has 0 N–H and O–H groups in total. The second-order valence-corrected chi connectivity index (χ2v) is 12.6. The first-order chi connectivity index (χ1) is 6.77. The van der Waals surface area contributed by atoms with E-state index in [4.69, 9.17) is 9.16 Å². The first-order valence-electron chi connectivity index (χ1n) is 6.25. The van der Waals surface area contributed by atoms with E-state index >= 15 is 0 Å². The predicted molar refractivity (Wildman–Crippen MR) is 66.0 cm³/mol. The van der Waals surface area contributed by atoms with Crippen molar-refractivity contribution in [3.8, 4) is 0 Å². The van der Waals surface area contributed by atoms with Crippen LogP contribution in [0, 0.1) is 5.41 Å². The van der Waals surface area contributed by atoms with Crippen molar-refractivity contribution in [3.05, 3.63) is 0 Å². The van der Waals surface area contributed by atoms with Crippen LogP contribution in [0.25, 0.3) is 0 Å². The molecule has 2 nitrogen and oxygen atoms in total. The Hall–Kier alpha value is 0.137. The molecule has 2 rings (SSSR count). The first kappa shape index (κ1) is 11.6. The summed E-state index contributed by atoms with van der Waals surface area (Å²) < 4.78 is 12.1. The number of hydrogen-bond acceptors (Lipinski definition) is 2. The fourth-order valence-corrected chi connectivity index (χ4v) is 3.66. The molecule has 1 spiro atoms. The van der Waals surface area contributed by atoms with Crippen LogP contribution in [0.5, 0.6) is 0 Å². The average molecular weight is 229 g/mol. The van der Waals surface area contributed by atoms with Crippen molar-refractivity contribution < 1.29 is 9.16 Å². The summed E-state index contributed by atoms with van der Waals surface area (Å²) >= 11 is 0. The molecular weight excluding hydrogens is 204 g/mol. The van der Waals surface area contributed by atoms with E-state index in [0.29, 0.717) is 16.6 Å². The van der Waals surface area contributed by atoms with E-state index < -0.39 is 8.32 Å². The fraction of sp³-hybridized carbons (Fsp3) is 1.00. The predicted octanol–water partition coefficient (Wildman–Crippen LogP) is 2.92. The van der Waals surface area contributed by atoms with Gasteiger partial charge in [-0.05, 0) is 0 Å². The Morgan fingerprint density at radius 1 is 1.27 bits per heavy atom. The van der Waals surface area contributed by atoms with Crippen LogP contribution in [0.4, 0.5) is 0 Å². The van der Waals surface area contributed by atoms with Crippen LogP contribution >= 0.6 is 0 Å². The molecule has 0 bridgehead atoms. The molecule has 0 unspecified atom stereocenters. The summed E-state index contributed by atoms with van der Waals surface area (Å²) in [5.41, 5.74) is 0.433. The van der Waals surface area contributed by atoms with Gasteiger partial charge >= 0.3 is 94.0 Å². The molecule has 90 valence electrons. The second kappa shape index (κ2) is 3.31. The molecule has 0 amide bonds. The Kier molecular flexibility index (Phi) is 2.57. The van der Waals surface area contributed by atoms with Crippen LogP contribution in [-0.2, 0) is 9.16 Å². The summed E-state index contributed by atoms with van der Waals surface area (Å²) in [4.78, 5) is 0. The van der Waals surface area contributed by atoms with E-state index in [1.165, 1.54) is 12.8 Å². The van der Waals surface area contributed by atoms with Crippen molar-refractivity contribution >= 4 is 8.32 Å². The van der Waals surface area contributed by atoms with Gasteiger partial charge in [-0.2, -0.15) is 0 Å². The van der Waals surface area contributed by atoms with E-state index in [0.717, 1.165) is 13.2 Å². The van der Waals surface area contributed by atoms with Gasteiger partial charge in [0.15, 0.2) is 0 Å². The van der Waals surface area contributed by atoms with Gasteiger partial charge < -0.3 is 0 Å². The van der Waals surface area contributed by atoms with Crippen molar-refractivity contribution in [2.45, 2.75) is 57.8 Å². The zero-order chi connectivity index (χ0) is 11.3. The maximum absolute atomic E-state index is 6.48. The van der Waals surface area contributed by atoms with E-state index in [2.05, 4.69) is 33.9 Å². The molecular formula is C12H25O2Si-. The molecule has 15 heavy (non-hydrogen) atoms. The number of ether oxygens (including phenoxy) is 1. The van der Waals surface area contributed by atoms with Crippen LogP contribution in [0.1, 0.15) is 33.6 Å². The molecule has 0 aromatic carbocycles. The van der Waals surface area contributed by atoms with Gasteiger partial charge in [0.05, 0.1) is 0 Å². The topological polar surface area (TPSA) is 18.5 Å². The summed E-state index contributed by atoms with van der Waals surface area (Å²) in [7, 11) is -1.90. The van der Waals surface area contributed by atoms with Crippen molar-refractivity contribution in [1.82, 2.24) is 0 Å². The Morgan fingerprint density at radius 2 is 1.87 bits per heavy atom. The molecule has 1 saturated heterocycles. The van der Waals surface area contributed by atoms with Crippen LogP contribution in [-0.4, -0.2) is 27.6 Å². The van der Waals surface area contributed by atoms with Gasteiger partial charge in [-0.15, -0.1) is 0 Å². The molecule has 2 fully saturated rings. The Morgan fingerprint density at radius 3 is 2.33 bits per heavy atom. The quantitative estimate of drug-likeness (QED) is 0.678. The van der Waals surface area contributed by atoms with E-state index in [1.807, 2.05) is 0 Å². The van der Waals surface area contributed by atoms with Crippen LogP contribution in [0.2, 0.25) is 18.1 Å². The Bertz CT molecular complexity index is 251. The van der Waals surface area contributed by atoms with Gasteiger partial charge in [-0.25, -0.2) is 0 Å². The van der Waals surface area contributed by atoms with Crippen LogP contribution < -0.4 is 0 Å². The van der Waals surface area contributed by atoms with Crippen molar-refractivity contribution in [3.63, 3.8) is 0 Å². The van der Waals surface area contributed by atoms with E-state index in [9.17, 15) is 0 Å². The Balaban J connectivity index is 2.02. The molecule has 1 saturated carbocycles. The summed E-state index contributed by atoms with van der Waals surface area (Å²) in [6.07, 6.45) is 3.03. The third-order valence-corrected chi connectivity index (χ3v) is 10.0. The van der Waals surface area contributed by atoms with Gasteiger partial charge in [0.25, 0.3) is 0 Å². The van der Waals surface area contributed by atoms with Gasteiger partial charge in [0.2, 0.25) is 0 Å². The number of rotatable bonds is 2.